The first kappa shape index (κ1) is 8.96. The molecule has 0 unspecified atom stereocenters. The van der Waals surface area contributed by atoms with Crippen LogP contribution in [0.5, 0.6) is 0 Å². The van der Waals surface area contributed by atoms with Crippen LogP contribution in [0.3, 0.4) is 0 Å². The molecule has 2 aliphatic rings. The summed E-state index contributed by atoms with van der Waals surface area (Å²) < 4.78 is 0. The lowest BCUT2D eigenvalue weighted by Crippen LogP contribution is -2.32. The summed E-state index contributed by atoms with van der Waals surface area (Å²) in [7, 11) is 0. The van der Waals surface area contributed by atoms with E-state index in [0.29, 0.717) is 17.9 Å². The molecule has 1 saturated carbocycles. The third-order valence-electron chi connectivity index (χ3n) is 3.69. The van der Waals surface area contributed by atoms with Crippen LogP contribution in [0, 0.1) is 5.92 Å². The first-order valence-electron chi connectivity index (χ1n) is 5.73. The van der Waals surface area contributed by atoms with Gasteiger partial charge in [-0.2, -0.15) is 0 Å². The number of carbonyl (C=O) groups excluding carboxylic acids is 1. The molecule has 1 aromatic rings. The highest BCUT2D eigenvalue weighted by atomic mass is 16.2. The van der Waals surface area contributed by atoms with E-state index >= 15 is 0 Å². The van der Waals surface area contributed by atoms with Crippen molar-refractivity contribution in [3.63, 3.8) is 0 Å². The van der Waals surface area contributed by atoms with Crippen molar-refractivity contribution in [3.8, 4) is 0 Å². The van der Waals surface area contributed by atoms with Gasteiger partial charge in [-0.15, -0.1) is 0 Å². The van der Waals surface area contributed by atoms with Gasteiger partial charge in [0.25, 0.3) is 0 Å². The second-order valence-corrected chi connectivity index (χ2v) is 4.56. The van der Waals surface area contributed by atoms with Crippen molar-refractivity contribution < 1.29 is 4.79 Å². The van der Waals surface area contributed by atoms with Crippen molar-refractivity contribution in [2.75, 3.05) is 4.90 Å². The number of carbonyl (C=O) groups is 1. The first-order valence-corrected chi connectivity index (χ1v) is 5.73. The van der Waals surface area contributed by atoms with E-state index in [2.05, 4.69) is 0 Å². The van der Waals surface area contributed by atoms with Gasteiger partial charge in [-0.05, 0) is 30.9 Å². The molecule has 2 atom stereocenters. The topological polar surface area (TPSA) is 20.3 Å². The van der Waals surface area contributed by atoms with Crippen LogP contribution in [-0.4, -0.2) is 11.9 Å². The number of hydrogen-bond acceptors (Lipinski definition) is 1. The molecule has 1 aromatic carbocycles. The van der Waals surface area contributed by atoms with Crippen molar-refractivity contribution in [2.45, 2.75) is 31.7 Å². The lowest BCUT2D eigenvalue weighted by molar-refractivity contribution is -0.117. The summed E-state index contributed by atoms with van der Waals surface area (Å²) in [4.78, 5) is 13.9. The molecule has 0 radical (unpaired) electrons. The van der Waals surface area contributed by atoms with Gasteiger partial charge in [-0.25, -0.2) is 0 Å². The van der Waals surface area contributed by atoms with Crippen molar-refractivity contribution in [3.05, 3.63) is 30.3 Å². The number of amides is 1. The molecule has 2 fully saturated rings. The van der Waals surface area contributed by atoms with Crippen molar-refractivity contribution >= 4 is 11.6 Å². The highest BCUT2D eigenvalue weighted by Crippen LogP contribution is 2.40. The standard InChI is InChI=1S/C13H15NO/c15-13-9-10-5-4-8-12(10)14(13)11-6-2-1-3-7-11/h1-3,6-7,10,12H,4-5,8-9H2/t10-,12-/m1/s1. The molecule has 1 aliphatic carbocycles. The molecule has 2 nitrogen and oxygen atoms in total. The van der Waals surface area contributed by atoms with E-state index in [-0.39, 0.29) is 0 Å². The lowest BCUT2D eigenvalue weighted by Gasteiger charge is -2.23. The maximum Gasteiger partial charge on any atom is 0.227 e. The summed E-state index contributed by atoms with van der Waals surface area (Å²) >= 11 is 0. The van der Waals surface area contributed by atoms with Crippen LogP contribution in [0.4, 0.5) is 5.69 Å². The van der Waals surface area contributed by atoms with Crippen molar-refractivity contribution in [2.24, 2.45) is 5.92 Å². The molecule has 15 heavy (non-hydrogen) atoms. The zero-order valence-electron chi connectivity index (χ0n) is 8.73. The molecule has 1 saturated heterocycles. The van der Waals surface area contributed by atoms with Gasteiger partial charge in [0.05, 0.1) is 0 Å². The molecule has 0 N–H and O–H groups in total. The Morgan fingerprint density at radius 3 is 2.73 bits per heavy atom. The zero-order chi connectivity index (χ0) is 10.3. The fraction of sp³-hybridized carbons (Fsp3) is 0.462. The van der Waals surface area contributed by atoms with Crippen LogP contribution in [-0.2, 0) is 4.79 Å². The Kier molecular flexibility index (Phi) is 2.01. The molecule has 0 aromatic heterocycles. The average molecular weight is 201 g/mol. The highest BCUT2D eigenvalue weighted by molar-refractivity contribution is 5.96. The number of nitrogens with zero attached hydrogens (tertiary/aromatic N) is 1. The van der Waals surface area contributed by atoms with Gasteiger partial charge in [-0.3, -0.25) is 4.79 Å². The van der Waals surface area contributed by atoms with Crippen molar-refractivity contribution in [1.82, 2.24) is 0 Å². The summed E-state index contributed by atoms with van der Waals surface area (Å²) in [6.45, 7) is 0. The molecule has 1 heterocycles. The van der Waals surface area contributed by atoms with Crippen molar-refractivity contribution in [1.29, 1.82) is 0 Å². The fourth-order valence-electron chi connectivity index (χ4n) is 3.03. The number of anilines is 1. The van der Waals surface area contributed by atoms with E-state index in [1.165, 1.54) is 19.3 Å². The summed E-state index contributed by atoms with van der Waals surface area (Å²) in [5.74, 6) is 0.939. The third kappa shape index (κ3) is 1.36. The molecular formula is C13H15NO. The smallest absolute Gasteiger partial charge is 0.227 e. The van der Waals surface area contributed by atoms with E-state index < -0.39 is 0 Å². The van der Waals surface area contributed by atoms with Crippen LogP contribution in [0.2, 0.25) is 0 Å². The predicted molar refractivity (Wildman–Crippen MR) is 59.7 cm³/mol. The minimum absolute atomic E-state index is 0.316. The Hall–Kier alpha value is -1.31. The quantitative estimate of drug-likeness (QED) is 0.684. The normalized spacial score (nSPS) is 29.6. The third-order valence-corrected chi connectivity index (χ3v) is 3.69. The minimum atomic E-state index is 0.316. The van der Waals surface area contributed by atoms with Gasteiger partial charge in [-0.1, -0.05) is 24.6 Å². The number of para-hydroxylation sites is 1. The lowest BCUT2D eigenvalue weighted by atomic mass is 10.0. The van der Waals surface area contributed by atoms with E-state index in [4.69, 9.17) is 0 Å². The molecule has 2 heteroatoms. The minimum Gasteiger partial charge on any atom is -0.309 e. The largest absolute Gasteiger partial charge is 0.309 e. The molecule has 0 spiro atoms. The van der Waals surface area contributed by atoms with Gasteiger partial charge >= 0.3 is 0 Å². The maximum absolute atomic E-state index is 11.9. The predicted octanol–water partition coefficient (Wildman–Crippen LogP) is 2.59. The van der Waals surface area contributed by atoms with E-state index in [1.54, 1.807) is 0 Å². The monoisotopic (exact) mass is 201 g/mol. The Balaban J connectivity index is 1.95. The van der Waals surface area contributed by atoms with Crippen LogP contribution in [0.1, 0.15) is 25.7 Å². The summed E-state index contributed by atoms with van der Waals surface area (Å²) in [5.41, 5.74) is 1.08. The SMILES string of the molecule is O=C1C[C@H]2CCC[C@H]2N1c1ccccc1. The molecular weight excluding hydrogens is 186 g/mol. The second-order valence-electron chi connectivity index (χ2n) is 4.56. The molecule has 78 valence electrons. The summed E-state index contributed by atoms with van der Waals surface area (Å²) in [6.07, 6.45) is 4.47. The van der Waals surface area contributed by atoms with Gasteiger partial charge in [0.2, 0.25) is 5.91 Å². The maximum atomic E-state index is 11.9. The van der Waals surface area contributed by atoms with Crippen LogP contribution in [0.25, 0.3) is 0 Å². The van der Waals surface area contributed by atoms with Crippen LogP contribution < -0.4 is 4.90 Å². The Morgan fingerprint density at radius 1 is 1.13 bits per heavy atom. The number of rotatable bonds is 1. The second kappa shape index (κ2) is 3.37. The number of benzene rings is 1. The zero-order valence-corrected chi connectivity index (χ0v) is 8.73. The Morgan fingerprint density at radius 2 is 1.93 bits per heavy atom. The number of fused-ring (bicyclic) bond motifs is 1. The molecule has 0 bridgehead atoms. The summed E-state index contributed by atoms with van der Waals surface area (Å²) in [6, 6.07) is 10.6. The fourth-order valence-corrected chi connectivity index (χ4v) is 3.03. The summed E-state index contributed by atoms with van der Waals surface area (Å²) in [5, 5.41) is 0. The molecule has 1 amide bonds. The molecule has 1 aliphatic heterocycles. The van der Waals surface area contributed by atoms with E-state index in [1.807, 2.05) is 35.2 Å². The van der Waals surface area contributed by atoms with Gasteiger partial charge in [0.15, 0.2) is 0 Å². The highest BCUT2D eigenvalue weighted by Gasteiger charge is 2.42. The Bertz CT molecular complexity index is 373. The average Bonchev–Trinajstić information content (AvgIpc) is 2.78. The van der Waals surface area contributed by atoms with Crippen LogP contribution in [0.15, 0.2) is 30.3 Å². The first-order chi connectivity index (χ1) is 7.36. The molecule has 3 rings (SSSR count). The number of hydrogen-bond donors (Lipinski definition) is 0. The van der Waals surface area contributed by atoms with Crippen LogP contribution >= 0.6 is 0 Å². The van der Waals surface area contributed by atoms with Gasteiger partial charge < -0.3 is 4.90 Å². The van der Waals surface area contributed by atoms with Gasteiger partial charge in [0.1, 0.15) is 0 Å². The van der Waals surface area contributed by atoms with E-state index in [0.717, 1.165) is 12.1 Å². The Labute approximate surface area is 89.9 Å². The van der Waals surface area contributed by atoms with E-state index in [9.17, 15) is 4.79 Å². The van der Waals surface area contributed by atoms with Gasteiger partial charge in [0, 0.05) is 18.2 Å².